The van der Waals surface area contributed by atoms with Crippen molar-refractivity contribution in [1.82, 2.24) is 0 Å². The molecule has 0 unspecified atom stereocenters. The average molecular weight is 370 g/mol. The molecule has 2 heterocycles. The molecule has 4 nitrogen and oxygen atoms in total. The third kappa shape index (κ3) is 2.37. The highest BCUT2D eigenvalue weighted by Gasteiger charge is 2.27. The van der Waals surface area contributed by atoms with Crippen LogP contribution >= 0.6 is 15.9 Å². The van der Waals surface area contributed by atoms with Gasteiger partial charge in [0.1, 0.15) is 5.58 Å². The van der Waals surface area contributed by atoms with E-state index in [1.807, 2.05) is 18.2 Å². The van der Waals surface area contributed by atoms with Crippen LogP contribution in [0.1, 0.15) is 16.1 Å². The molecule has 1 amide bonds. The number of halogens is 1. The van der Waals surface area contributed by atoms with E-state index < -0.39 is 0 Å². The Labute approximate surface area is 140 Å². The molecular formula is C18H12BrNO3. The second kappa shape index (κ2) is 5.35. The predicted octanol–water partition coefficient (Wildman–Crippen LogP) is 3.76. The van der Waals surface area contributed by atoms with Gasteiger partial charge in [-0.3, -0.25) is 9.59 Å². The number of para-hydroxylation sites is 1. The molecule has 0 aliphatic carbocycles. The number of rotatable bonds is 1. The van der Waals surface area contributed by atoms with E-state index in [1.165, 1.54) is 6.07 Å². The van der Waals surface area contributed by atoms with Crippen molar-refractivity contribution in [1.29, 1.82) is 0 Å². The summed E-state index contributed by atoms with van der Waals surface area (Å²) in [6.45, 7) is 0.584. The molecule has 0 fully saturated rings. The molecule has 4 rings (SSSR count). The summed E-state index contributed by atoms with van der Waals surface area (Å²) in [5, 5.41) is 0.480. The Bertz CT molecular complexity index is 993. The second-order valence-corrected chi connectivity index (χ2v) is 6.37. The summed E-state index contributed by atoms with van der Waals surface area (Å²) in [6.07, 6.45) is 0.798. The maximum absolute atomic E-state index is 12.8. The molecule has 0 saturated heterocycles. The van der Waals surface area contributed by atoms with E-state index in [1.54, 1.807) is 29.2 Å². The van der Waals surface area contributed by atoms with Crippen molar-refractivity contribution in [2.24, 2.45) is 0 Å². The predicted molar refractivity (Wildman–Crippen MR) is 92.0 cm³/mol. The van der Waals surface area contributed by atoms with E-state index >= 15 is 0 Å². The zero-order valence-corrected chi connectivity index (χ0v) is 13.7. The van der Waals surface area contributed by atoms with Crippen LogP contribution in [0.4, 0.5) is 5.69 Å². The van der Waals surface area contributed by atoms with E-state index in [9.17, 15) is 9.59 Å². The van der Waals surface area contributed by atoms with Gasteiger partial charge in [0.25, 0.3) is 5.91 Å². The van der Waals surface area contributed by atoms with E-state index in [4.69, 9.17) is 4.42 Å². The van der Waals surface area contributed by atoms with Crippen molar-refractivity contribution in [2.75, 3.05) is 11.4 Å². The van der Waals surface area contributed by atoms with Gasteiger partial charge in [0.05, 0.1) is 5.39 Å². The zero-order valence-electron chi connectivity index (χ0n) is 12.1. The van der Waals surface area contributed by atoms with Crippen LogP contribution in [0.5, 0.6) is 0 Å². The van der Waals surface area contributed by atoms with Gasteiger partial charge in [0.15, 0.2) is 11.2 Å². The molecule has 114 valence electrons. The van der Waals surface area contributed by atoms with Crippen molar-refractivity contribution in [3.8, 4) is 0 Å². The van der Waals surface area contributed by atoms with E-state index in [2.05, 4.69) is 15.9 Å². The first-order chi connectivity index (χ1) is 11.1. The molecule has 1 aromatic heterocycles. The third-order valence-electron chi connectivity index (χ3n) is 4.03. The highest BCUT2D eigenvalue weighted by atomic mass is 79.9. The minimum Gasteiger partial charge on any atom is -0.451 e. The Morgan fingerprint density at radius 2 is 1.96 bits per heavy atom. The lowest BCUT2D eigenvalue weighted by atomic mass is 10.2. The Kier molecular flexibility index (Phi) is 3.31. The van der Waals surface area contributed by atoms with Crippen molar-refractivity contribution in [3.05, 3.63) is 74.6 Å². The molecule has 1 aliphatic rings. The number of fused-ring (bicyclic) bond motifs is 2. The summed E-state index contributed by atoms with van der Waals surface area (Å²) >= 11 is 3.43. The molecule has 3 aromatic rings. The van der Waals surface area contributed by atoms with Crippen molar-refractivity contribution in [2.45, 2.75) is 6.42 Å². The fourth-order valence-electron chi connectivity index (χ4n) is 2.91. The molecule has 0 saturated carbocycles. The van der Waals surface area contributed by atoms with Gasteiger partial charge in [0.2, 0.25) is 0 Å². The Morgan fingerprint density at radius 3 is 2.83 bits per heavy atom. The quantitative estimate of drug-likeness (QED) is 0.656. The fourth-order valence-corrected chi connectivity index (χ4v) is 3.25. The van der Waals surface area contributed by atoms with E-state index in [-0.39, 0.29) is 17.1 Å². The first kappa shape index (κ1) is 14.2. The summed E-state index contributed by atoms with van der Waals surface area (Å²) < 4.78 is 6.57. The van der Waals surface area contributed by atoms with Gasteiger partial charge in [-0.2, -0.15) is 0 Å². The van der Waals surface area contributed by atoms with Crippen LogP contribution in [0.15, 0.2) is 62.2 Å². The number of nitrogens with zero attached hydrogens (tertiary/aromatic N) is 1. The van der Waals surface area contributed by atoms with Crippen LogP contribution in [0, 0.1) is 0 Å². The van der Waals surface area contributed by atoms with Gasteiger partial charge < -0.3 is 9.32 Å². The molecular weight excluding hydrogens is 358 g/mol. The number of benzene rings is 2. The highest BCUT2D eigenvalue weighted by molar-refractivity contribution is 9.10. The van der Waals surface area contributed by atoms with E-state index in [0.717, 1.165) is 22.1 Å². The van der Waals surface area contributed by atoms with Crippen molar-refractivity contribution >= 4 is 38.5 Å². The second-order valence-electron chi connectivity index (χ2n) is 5.45. The maximum Gasteiger partial charge on any atom is 0.294 e. The average Bonchev–Trinajstić information content (AvgIpc) is 2.97. The third-order valence-corrected chi connectivity index (χ3v) is 4.53. The van der Waals surface area contributed by atoms with Gasteiger partial charge in [-0.25, -0.2) is 0 Å². The van der Waals surface area contributed by atoms with E-state index in [0.29, 0.717) is 17.5 Å². The molecule has 5 heteroatoms. The van der Waals surface area contributed by atoms with Crippen LogP contribution in [-0.2, 0) is 6.42 Å². The maximum atomic E-state index is 12.8. The van der Waals surface area contributed by atoms with Crippen molar-refractivity contribution < 1.29 is 9.21 Å². The SMILES string of the molecule is O=C(c1cc(=O)c2ccccc2o1)N1CCc2ccc(Br)cc21. The fraction of sp³-hybridized carbons (Fsp3) is 0.111. The summed E-state index contributed by atoms with van der Waals surface area (Å²) in [5.74, 6) is -0.216. The molecule has 2 aromatic carbocycles. The highest BCUT2D eigenvalue weighted by Crippen LogP contribution is 2.32. The topological polar surface area (TPSA) is 50.5 Å². The minimum absolute atomic E-state index is 0.0709. The number of carbonyl (C=O) groups is 1. The molecule has 0 N–H and O–H groups in total. The summed E-state index contributed by atoms with van der Waals surface area (Å²) in [4.78, 5) is 26.6. The Balaban J connectivity index is 1.80. The normalized spacial score (nSPS) is 13.3. The lowest BCUT2D eigenvalue weighted by Crippen LogP contribution is -2.29. The number of carbonyl (C=O) groups excluding carboxylic acids is 1. The number of anilines is 1. The molecule has 0 bridgehead atoms. The largest absolute Gasteiger partial charge is 0.451 e. The minimum atomic E-state index is -0.287. The van der Waals surface area contributed by atoms with Gasteiger partial charge in [-0.05, 0) is 36.2 Å². The van der Waals surface area contributed by atoms with Crippen LogP contribution in [0.25, 0.3) is 11.0 Å². The standard InChI is InChI=1S/C18H12BrNO3/c19-12-6-5-11-7-8-20(14(11)9-12)18(22)17-10-15(21)13-3-1-2-4-16(13)23-17/h1-6,9-10H,7-8H2. The smallest absolute Gasteiger partial charge is 0.294 e. The van der Waals surface area contributed by atoms with Crippen molar-refractivity contribution in [3.63, 3.8) is 0 Å². The molecule has 0 atom stereocenters. The monoisotopic (exact) mass is 369 g/mol. The number of hydrogen-bond donors (Lipinski definition) is 0. The number of hydrogen-bond acceptors (Lipinski definition) is 3. The Hall–Kier alpha value is -2.40. The van der Waals surface area contributed by atoms with Gasteiger partial charge in [-0.1, -0.05) is 34.1 Å². The van der Waals surface area contributed by atoms with Gasteiger partial charge in [0, 0.05) is 22.8 Å². The van der Waals surface area contributed by atoms with Crippen LogP contribution in [-0.4, -0.2) is 12.5 Å². The van der Waals surface area contributed by atoms with Gasteiger partial charge in [-0.15, -0.1) is 0 Å². The van der Waals surface area contributed by atoms with Crippen LogP contribution in [0.2, 0.25) is 0 Å². The summed E-state index contributed by atoms with van der Waals surface area (Å²) in [7, 11) is 0. The Morgan fingerprint density at radius 1 is 1.13 bits per heavy atom. The molecule has 0 radical (unpaired) electrons. The molecule has 0 spiro atoms. The zero-order chi connectivity index (χ0) is 16.0. The first-order valence-corrected chi connectivity index (χ1v) is 8.06. The lowest BCUT2D eigenvalue weighted by molar-refractivity contribution is 0.0963. The number of amides is 1. The summed E-state index contributed by atoms with van der Waals surface area (Å²) in [5.41, 5.74) is 2.20. The summed E-state index contributed by atoms with van der Waals surface area (Å²) in [6, 6.07) is 14.1. The lowest BCUT2D eigenvalue weighted by Gasteiger charge is -2.17. The first-order valence-electron chi connectivity index (χ1n) is 7.27. The molecule has 1 aliphatic heterocycles. The molecule has 23 heavy (non-hydrogen) atoms. The van der Waals surface area contributed by atoms with Crippen LogP contribution < -0.4 is 10.3 Å². The van der Waals surface area contributed by atoms with Crippen LogP contribution in [0.3, 0.4) is 0 Å². The van der Waals surface area contributed by atoms with Gasteiger partial charge >= 0.3 is 0 Å².